The summed E-state index contributed by atoms with van der Waals surface area (Å²) >= 11 is 0. The molecule has 42 heavy (non-hydrogen) atoms. The summed E-state index contributed by atoms with van der Waals surface area (Å²) in [5.41, 5.74) is 1.97. The molecule has 0 spiro atoms. The molecule has 0 radical (unpaired) electrons. The van der Waals surface area contributed by atoms with E-state index < -0.39 is 48.6 Å². The normalized spacial score (nSPS) is 19.9. The van der Waals surface area contributed by atoms with Gasteiger partial charge < -0.3 is 25.0 Å². The molecule has 3 aromatic carbocycles. The second-order valence-electron chi connectivity index (χ2n) is 9.97. The average molecular weight is 571 g/mol. The maximum absolute atomic E-state index is 13.9. The van der Waals surface area contributed by atoms with E-state index in [4.69, 9.17) is 9.47 Å². The number of rotatable bonds is 8. The number of esters is 1. The molecule has 5 rings (SSSR count). The lowest BCUT2D eigenvalue weighted by molar-refractivity contribution is -0.168. The summed E-state index contributed by atoms with van der Waals surface area (Å²) in [5, 5.41) is 5.48. The van der Waals surface area contributed by atoms with Crippen molar-refractivity contribution in [3.05, 3.63) is 96.1 Å². The van der Waals surface area contributed by atoms with Gasteiger partial charge in [0.2, 0.25) is 18.1 Å². The largest absolute Gasteiger partial charge is 0.433 e. The van der Waals surface area contributed by atoms with Gasteiger partial charge >= 0.3 is 5.97 Å². The Balaban J connectivity index is 1.35. The summed E-state index contributed by atoms with van der Waals surface area (Å²) in [7, 11) is 0. The van der Waals surface area contributed by atoms with Gasteiger partial charge in [-0.2, -0.15) is 0 Å². The van der Waals surface area contributed by atoms with Crippen LogP contribution < -0.4 is 20.4 Å². The van der Waals surface area contributed by atoms with Gasteiger partial charge in [0.15, 0.2) is 0 Å². The highest BCUT2D eigenvalue weighted by atomic mass is 16.7. The molecule has 2 unspecified atom stereocenters. The lowest BCUT2D eigenvalue weighted by atomic mass is 10.1. The number of amides is 4. The average Bonchev–Trinajstić information content (AvgIpc) is 3.30. The molecule has 0 bridgehead atoms. The molecule has 11 nitrogen and oxygen atoms in total. The van der Waals surface area contributed by atoms with Crippen molar-refractivity contribution in [3.8, 4) is 0 Å². The van der Waals surface area contributed by atoms with E-state index in [1.165, 1.54) is 16.7 Å². The molecule has 2 aliphatic rings. The minimum atomic E-state index is -1.14. The molecule has 4 amide bonds. The van der Waals surface area contributed by atoms with Crippen LogP contribution in [0, 0.1) is 0 Å². The van der Waals surface area contributed by atoms with Crippen molar-refractivity contribution in [3.63, 3.8) is 0 Å². The number of benzene rings is 3. The first kappa shape index (κ1) is 28.5. The summed E-state index contributed by atoms with van der Waals surface area (Å²) in [6, 6.07) is 22.5. The van der Waals surface area contributed by atoms with Crippen LogP contribution in [0.2, 0.25) is 0 Å². The molecular formula is C31H30N4O7. The quantitative estimate of drug-likeness (QED) is 0.397. The number of cyclic esters (lactones) is 1. The maximum Gasteiger partial charge on any atom is 0.310 e. The molecule has 2 heterocycles. The smallest absolute Gasteiger partial charge is 0.310 e. The zero-order valence-electron chi connectivity index (χ0n) is 22.9. The van der Waals surface area contributed by atoms with Crippen LogP contribution in [0.15, 0.2) is 84.9 Å². The third-order valence-electron chi connectivity index (χ3n) is 6.98. The van der Waals surface area contributed by atoms with Gasteiger partial charge in [0.1, 0.15) is 18.6 Å². The first-order chi connectivity index (χ1) is 20.3. The van der Waals surface area contributed by atoms with Crippen LogP contribution in [-0.2, 0) is 35.3 Å². The molecule has 1 fully saturated rings. The molecule has 2 N–H and O–H groups in total. The van der Waals surface area contributed by atoms with E-state index >= 15 is 0 Å². The maximum atomic E-state index is 13.9. The Morgan fingerprint density at radius 3 is 2.21 bits per heavy atom. The first-order valence-electron chi connectivity index (χ1n) is 13.5. The molecule has 1 saturated heterocycles. The summed E-state index contributed by atoms with van der Waals surface area (Å²) < 4.78 is 11.1. The number of hydrogen-bond acceptors (Lipinski definition) is 7. The Kier molecular flexibility index (Phi) is 8.58. The number of hydrogen-bond donors (Lipinski definition) is 2. The van der Waals surface area contributed by atoms with Crippen molar-refractivity contribution in [1.29, 1.82) is 0 Å². The Bertz CT molecular complexity index is 1480. The highest BCUT2D eigenvalue weighted by Crippen LogP contribution is 2.33. The van der Waals surface area contributed by atoms with Gasteiger partial charge in [-0.25, -0.2) is 0 Å². The van der Waals surface area contributed by atoms with Gasteiger partial charge in [-0.1, -0.05) is 60.7 Å². The minimum Gasteiger partial charge on any atom is -0.433 e. The Hall–Kier alpha value is -5.03. The predicted octanol–water partition coefficient (Wildman–Crippen LogP) is 2.16. The Morgan fingerprint density at radius 1 is 0.881 bits per heavy atom. The first-order valence-corrected chi connectivity index (χ1v) is 13.5. The summed E-state index contributed by atoms with van der Waals surface area (Å²) in [5.74, 6) is -2.48. The van der Waals surface area contributed by atoms with E-state index in [1.54, 1.807) is 54.6 Å². The summed E-state index contributed by atoms with van der Waals surface area (Å²) in [6.07, 6.45) is -1.09. The highest BCUT2D eigenvalue weighted by molar-refractivity contribution is 6.10. The zero-order chi connectivity index (χ0) is 29.6. The Morgan fingerprint density at radius 2 is 1.52 bits per heavy atom. The molecule has 0 aliphatic carbocycles. The topological polar surface area (TPSA) is 134 Å². The molecule has 2 aliphatic heterocycles. The number of para-hydroxylation sites is 2. The number of nitrogens with zero attached hydrogens (tertiary/aromatic N) is 2. The van der Waals surface area contributed by atoms with Crippen LogP contribution in [-0.4, -0.2) is 61.1 Å². The van der Waals surface area contributed by atoms with Crippen molar-refractivity contribution < 1.29 is 33.4 Å². The van der Waals surface area contributed by atoms with Crippen molar-refractivity contribution in [2.45, 2.75) is 38.3 Å². The standard InChI is InChI=1S/C31H30N4O7/c1-20(36)34-17-24(33-29(39)22-12-6-3-7-13-22)30(40)35(26-15-9-8-14-25(26)34)18-27(37)32-23-16-28(38)42-31(23)41-19-21-10-4-2-5-11-21/h2-15,23-24,31H,16-19H2,1H3,(H,32,37)(H,33,39)/t23-,24?,31?/m0/s1. The van der Waals surface area contributed by atoms with Gasteiger partial charge in [0, 0.05) is 12.5 Å². The molecule has 11 heteroatoms. The summed E-state index contributed by atoms with van der Waals surface area (Å²) in [4.78, 5) is 67.6. The molecule has 3 atom stereocenters. The molecule has 0 aromatic heterocycles. The van der Waals surface area contributed by atoms with Crippen LogP contribution in [0.5, 0.6) is 0 Å². The van der Waals surface area contributed by atoms with Gasteiger partial charge in [-0.05, 0) is 29.8 Å². The van der Waals surface area contributed by atoms with Gasteiger partial charge in [0.05, 0.1) is 30.9 Å². The van der Waals surface area contributed by atoms with Crippen molar-refractivity contribution in [2.24, 2.45) is 0 Å². The third kappa shape index (κ3) is 6.47. The van der Waals surface area contributed by atoms with Gasteiger partial charge in [-0.3, -0.25) is 28.9 Å². The second-order valence-corrected chi connectivity index (χ2v) is 9.97. The molecule has 0 saturated carbocycles. The number of carbonyl (C=O) groups is 5. The number of fused-ring (bicyclic) bond motifs is 1. The van der Waals surface area contributed by atoms with Crippen molar-refractivity contribution >= 4 is 41.0 Å². The lowest BCUT2D eigenvalue weighted by Crippen LogP contribution is -2.55. The fourth-order valence-electron chi connectivity index (χ4n) is 4.94. The third-order valence-corrected chi connectivity index (χ3v) is 6.98. The Labute approximate surface area is 242 Å². The SMILES string of the molecule is CC(=O)N1CC(NC(=O)c2ccccc2)C(=O)N(CC(=O)N[C@H]2CC(=O)OC2OCc2ccccc2)c2ccccc21. The van der Waals surface area contributed by atoms with E-state index in [0.717, 1.165) is 5.56 Å². The van der Waals surface area contributed by atoms with Crippen LogP contribution in [0.4, 0.5) is 11.4 Å². The van der Waals surface area contributed by atoms with Crippen molar-refractivity contribution in [2.75, 3.05) is 22.9 Å². The van der Waals surface area contributed by atoms with E-state index in [2.05, 4.69) is 10.6 Å². The monoisotopic (exact) mass is 570 g/mol. The van der Waals surface area contributed by atoms with Crippen LogP contribution in [0.1, 0.15) is 29.3 Å². The fourth-order valence-corrected chi connectivity index (χ4v) is 4.94. The number of ether oxygens (including phenoxy) is 2. The number of anilines is 2. The van der Waals surface area contributed by atoms with Crippen LogP contribution in [0.3, 0.4) is 0 Å². The predicted molar refractivity (Wildman–Crippen MR) is 152 cm³/mol. The highest BCUT2D eigenvalue weighted by Gasteiger charge is 2.40. The van der Waals surface area contributed by atoms with Gasteiger partial charge in [-0.15, -0.1) is 0 Å². The molecule has 216 valence electrons. The van der Waals surface area contributed by atoms with E-state index in [1.807, 2.05) is 30.3 Å². The van der Waals surface area contributed by atoms with Gasteiger partial charge in [0.25, 0.3) is 11.8 Å². The van der Waals surface area contributed by atoms with E-state index in [9.17, 15) is 24.0 Å². The van der Waals surface area contributed by atoms with E-state index in [0.29, 0.717) is 16.9 Å². The minimum absolute atomic E-state index is 0.0936. The van der Waals surface area contributed by atoms with Crippen LogP contribution in [0.25, 0.3) is 0 Å². The number of carbonyl (C=O) groups excluding carboxylic acids is 5. The lowest BCUT2D eigenvalue weighted by Gasteiger charge is -2.26. The van der Waals surface area contributed by atoms with E-state index in [-0.39, 0.29) is 25.5 Å². The second kappa shape index (κ2) is 12.6. The van der Waals surface area contributed by atoms with Crippen LogP contribution >= 0.6 is 0 Å². The number of nitrogens with one attached hydrogen (secondary N) is 2. The fraction of sp³-hybridized carbons (Fsp3) is 0.258. The van der Waals surface area contributed by atoms with Crippen molar-refractivity contribution in [1.82, 2.24) is 10.6 Å². The zero-order valence-corrected chi connectivity index (χ0v) is 22.9. The molecular weight excluding hydrogens is 540 g/mol. The summed E-state index contributed by atoms with van der Waals surface area (Å²) in [6.45, 7) is 0.983. The molecule has 3 aromatic rings.